The summed E-state index contributed by atoms with van der Waals surface area (Å²) < 4.78 is 1.74. The summed E-state index contributed by atoms with van der Waals surface area (Å²) in [6, 6.07) is 12.0. The number of aromatic nitrogens is 3. The van der Waals surface area contributed by atoms with E-state index in [9.17, 15) is 15.3 Å². The van der Waals surface area contributed by atoms with Crippen LogP contribution in [0.5, 0.6) is 0 Å². The SMILES string of the molecule is OC[C@H]1C[C@@H](Nc2ccnc3cc(-c4cccc(N5CCC6(CCC6)CC5)c4)nn23)[C@H](O)[C@@H]1O. The maximum absolute atomic E-state index is 10.4. The number of benzene rings is 1. The minimum atomic E-state index is -0.948. The zero-order chi connectivity index (χ0) is 23.3. The van der Waals surface area contributed by atoms with Gasteiger partial charge in [-0.05, 0) is 55.7 Å². The van der Waals surface area contributed by atoms with E-state index in [0.717, 1.165) is 24.3 Å². The van der Waals surface area contributed by atoms with Crippen molar-refractivity contribution in [1.29, 1.82) is 0 Å². The fourth-order valence-corrected chi connectivity index (χ4v) is 6.06. The van der Waals surface area contributed by atoms with Crippen molar-refractivity contribution in [2.45, 2.75) is 56.8 Å². The van der Waals surface area contributed by atoms with Gasteiger partial charge in [0.15, 0.2) is 5.65 Å². The van der Waals surface area contributed by atoms with Gasteiger partial charge in [-0.15, -0.1) is 0 Å². The summed E-state index contributed by atoms with van der Waals surface area (Å²) in [6.07, 6.45) is 7.11. The molecule has 1 aromatic carbocycles. The first kappa shape index (κ1) is 21.8. The number of hydrogen-bond donors (Lipinski definition) is 4. The zero-order valence-electron chi connectivity index (χ0n) is 19.3. The van der Waals surface area contributed by atoms with Gasteiger partial charge >= 0.3 is 0 Å². The molecule has 2 saturated carbocycles. The Morgan fingerprint density at radius 3 is 2.56 bits per heavy atom. The maximum Gasteiger partial charge on any atom is 0.157 e. The van der Waals surface area contributed by atoms with Gasteiger partial charge in [0.25, 0.3) is 0 Å². The normalized spacial score (nSPS) is 28.4. The number of nitrogens with one attached hydrogen (secondary N) is 1. The number of piperidine rings is 1. The lowest BCUT2D eigenvalue weighted by Crippen LogP contribution is -2.43. The van der Waals surface area contributed by atoms with Gasteiger partial charge in [0.2, 0.25) is 0 Å². The molecule has 2 aliphatic carbocycles. The van der Waals surface area contributed by atoms with E-state index in [1.165, 1.54) is 37.8 Å². The molecule has 3 aliphatic rings. The summed E-state index contributed by atoms with van der Waals surface area (Å²) >= 11 is 0. The lowest BCUT2D eigenvalue weighted by atomic mass is 9.63. The van der Waals surface area contributed by atoms with Crippen molar-refractivity contribution >= 4 is 17.2 Å². The largest absolute Gasteiger partial charge is 0.396 e. The van der Waals surface area contributed by atoms with E-state index in [1.54, 1.807) is 10.7 Å². The number of aliphatic hydroxyl groups is 3. The molecule has 0 radical (unpaired) electrons. The average Bonchev–Trinajstić information content (AvgIpc) is 3.41. The Labute approximate surface area is 199 Å². The third-order valence-corrected chi connectivity index (χ3v) is 8.47. The van der Waals surface area contributed by atoms with Gasteiger partial charge in [0.05, 0.1) is 17.8 Å². The average molecular weight is 464 g/mol. The van der Waals surface area contributed by atoms with Crippen molar-refractivity contribution < 1.29 is 15.3 Å². The lowest BCUT2D eigenvalue weighted by molar-refractivity contribution is 0.00444. The Hall–Kier alpha value is -2.68. The standard InChI is InChI=1S/C26H33N5O3/c32-16-18-14-21(25(34)24(18)33)28-22-5-10-27-23-15-20(29-31(22)23)17-3-1-4-19(13-17)30-11-8-26(9-12-30)6-2-7-26/h1,3-5,10,13,15,18,21,24-25,28,32-34H,2,6-9,11-12,14,16H2/t18-,21-,24-,25+/m1/s1. The second kappa shape index (κ2) is 8.52. The van der Waals surface area contributed by atoms with E-state index in [1.807, 2.05) is 12.1 Å². The quantitative estimate of drug-likeness (QED) is 0.461. The summed E-state index contributed by atoms with van der Waals surface area (Å²) in [7, 11) is 0. The predicted molar refractivity (Wildman–Crippen MR) is 131 cm³/mol. The molecule has 8 heteroatoms. The number of anilines is 2. The first-order valence-electron chi connectivity index (χ1n) is 12.5. The van der Waals surface area contributed by atoms with Crippen LogP contribution in [0.15, 0.2) is 42.6 Å². The van der Waals surface area contributed by atoms with E-state index >= 15 is 0 Å². The zero-order valence-corrected chi connectivity index (χ0v) is 19.3. The first-order chi connectivity index (χ1) is 16.5. The van der Waals surface area contributed by atoms with Crippen molar-refractivity contribution in [1.82, 2.24) is 14.6 Å². The first-order valence-corrected chi connectivity index (χ1v) is 12.5. The predicted octanol–water partition coefficient (Wildman–Crippen LogP) is 2.68. The monoisotopic (exact) mass is 463 g/mol. The number of hydrogen-bond acceptors (Lipinski definition) is 7. The number of aliphatic hydroxyl groups excluding tert-OH is 3. The summed E-state index contributed by atoms with van der Waals surface area (Å²) in [5, 5.41) is 38.2. The molecule has 3 fully saturated rings. The number of nitrogens with zero attached hydrogens (tertiary/aromatic N) is 4. The van der Waals surface area contributed by atoms with Crippen molar-refractivity contribution in [3.8, 4) is 11.3 Å². The topological polar surface area (TPSA) is 106 Å². The molecule has 0 bridgehead atoms. The van der Waals surface area contributed by atoms with Gasteiger partial charge in [-0.2, -0.15) is 9.61 Å². The molecule has 1 aliphatic heterocycles. The van der Waals surface area contributed by atoms with Crippen LogP contribution in [0.25, 0.3) is 16.9 Å². The third-order valence-electron chi connectivity index (χ3n) is 8.47. The summed E-state index contributed by atoms with van der Waals surface area (Å²) in [4.78, 5) is 6.97. The Bertz CT molecular complexity index is 1170. The molecule has 8 nitrogen and oxygen atoms in total. The van der Waals surface area contributed by atoms with Gasteiger partial charge in [0, 0.05) is 49.1 Å². The van der Waals surface area contributed by atoms with Crippen LogP contribution in [0.3, 0.4) is 0 Å². The Kier molecular flexibility index (Phi) is 5.47. The summed E-state index contributed by atoms with van der Waals surface area (Å²) in [6.45, 7) is 2.09. The molecule has 0 unspecified atom stereocenters. The van der Waals surface area contributed by atoms with Crippen LogP contribution in [0.2, 0.25) is 0 Å². The smallest absolute Gasteiger partial charge is 0.157 e. The second-order valence-corrected chi connectivity index (χ2v) is 10.4. The Morgan fingerprint density at radius 2 is 1.85 bits per heavy atom. The van der Waals surface area contributed by atoms with Crippen LogP contribution in [0.4, 0.5) is 11.5 Å². The minimum Gasteiger partial charge on any atom is -0.396 e. The van der Waals surface area contributed by atoms with Gasteiger partial charge in [-0.3, -0.25) is 0 Å². The molecule has 3 heterocycles. The minimum absolute atomic E-state index is 0.150. The fourth-order valence-electron chi connectivity index (χ4n) is 6.06. The van der Waals surface area contributed by atoms with Gasteiger partial charge in [-0.1, -0.05) is 18.6 Å². The van der Waals surface area contributed by atoms with Crippen LogP contribution < -0.4 is 10.2 Å². The fraction of sp³-hybridized carbons (Fsp3) is 0.538. The maximum atomic E-state index is 10.4. The molecule has 4 N–H and O–H groups in total. The second-order valence-electron chi connectivity index (χ2n) is 10.4. The van der Waals surface area contributed by atoms with E-state index in [0.29, 0.717) is 23.3 Å². The van der Waals surface area contributed by atoms with Crippen molar-refractivity contribution in [3.63, 3.8) is 0 Å². The highest BCUT2D eigenvalue weighted by Crippen LogP contribution is 2.49. The highest BCUT2D eigenvalue weighted by atomic mass is 16.3. The highest BCUT2D eigenvalue weighted by molar-refractivity contribution is 5.69. The van der Waals surface area contributed by atoms with Crippen LogP contribution in [0, 0.1) is 11.3 Å². The molecule has 34 heavy (non-hydrogen) atoms. The molecular weight excluding hydrogens is 430 g/mol. The molecule has 2 aromatic heterocycles. The molecule has 180 valence electrons. The molecule has 4 atom stereocenters. The van der Waals surface area contributed by atoms with E-state index in [-0.39, 0.29) is 18.6 Å². The molecular formula is C26H33N5O3. The van der Waals surface area contributed by atoms with Gasteiger partial charge in [0.1, 0.15) is 11.9 Å². The van der Waals surface area contributed by atoms with Gasteiger partial charge < -0.3 is 25.5 Å². The Morgan fingerprint density at radius 1 is 1.03 bits per heavy atom. The summed E-state index contributed by atoms with van der Waals surface area (Å²) in [5.41, 5.74) is 4.48. The van der Waals surface area contributed by atoms with Crippen molar-refractivity contribution in [2.24, 2.45) is 11.3 Å². The van der Waals surface area contributed by atoms with Crippen LogP contribution in [-0.2, 0) is 0 Å². The van der Waals surface area contributed by atoms with Crippen molar-refractivity contribution in [3.05, 3.63) is 42.6 Å². The van der Waals surface area contributed by atoms with E-state index in [2.05, 4.69) is 39.5 Å². The number of rotatable bonds is 5. The molecule has 1 spiro atoms. The molecule has 1 saturated heterocycles. The van der Waals surface area contributed by atoms with E-state index < -0.39 is 12.2 Å². The lowest BCUT2D eigenvalue weighted by Gasteiger charge is -2.48. The van der Waals surface area contributed by atoms with Crippen molar-refractivity contribution in [2.75, 3.05) is 29.9 Å². The summed E-state index contributed by atoms with van der Waals surface area (Å²) in [5.74, 6) is 0.360. The number of fused-ring (bicyclic) bond motifs is 1. The van der Waals surface area contributed by atoms with Crippen LogP contribution in [-0.4, -0.2) is 67.9 Å². The van der Waals surface area contributed by atoms with Crippen LogP contribution >= 0.6 is 0 Å². The molecule has 0 amide bonds. The third kappa shape index (κ3) is 3.74. The molecule has 3 aromatic rings. The van der Waals surface area contributed by atoms with E-state index in [4.69, 9.17) is 5.10 Å². The molecule has 6 rings (SSSR count). The van der Waals surface area contributed by atoms with Gasteiger partial charge in [-0.25, -0.2) is 4.98 Å². The highest BCUT2D eigenvalue weighted by Gasteiger charge is 2.41. The van der Waals surface area contributed by atoms with Crippen LogP contribution in [0.1, 0.15) is 38.5 Å². The Balaban J connectivity index is 1.23.